The van der Waals surface area contributed by atoms with Crippen LogP contribution >= 0.6 is 15.9 Å². The number of rotatable bonds is 4. The second-order valence-electron chi connectivity index (χ2n) is 14.8. The molecule has 0 atom stereocenters. The summed E-state index contributed by atoms with van der Waals surface area (Å²) < 4.78 is 46.9. The van der Waals surface area contributed by atoms with Gasteiger partial charge in [-0.3, -0.25) is 0 Å². The van der Waals surface area contributed by atoms with E-state index in [9.17, 15) is 0 Å². The summed E-state index contributed by atoms with van der Waals surface area (Å²) >= 11 is 3.34. The van der Waals surface area contributed by atoms with E-state index in [-0.39, 0.29) is 40.7 Å². The third kappa shape index (κ3) is 8.30. The Bertz CT molecular complexity index is 1290. The van der Waals surface area contributed by atoms with Crippen molar-refractivity contribution in [2.75, 3.05) is 14.2 Å². The molecule has 3 fully saturated rings. The maximum atomic E-state index is 6.00. The molecular formula is C32H52B3BrN2O8. The molecule has 0 unspecified atom stereocenters. The molecule has 3 aliphatic rings. The van der Waals surface area contributed by atoms with E-state index in [0.29, 0.717) is 11.8 Å². The number of nitrogens with zero attached hydrogens (tertiary/aromatic N) is 2. The topological polar surface area (TPSA) is 99.6 Å². The third-order valence-corrected chi connectivity index (χ3v) is 10.6. The normalized spacial score (nSPS) is 22.8. The van der Waals surface area contributed by atoms with Crippen molar-refractivity contribution >= 4 is 42.5 Å². The van der Waals surface area contributed by atoms with E-state index in [1.54, 1.807) is 14.2 Å². The van der Waals surface area contributed by atoms with Crippen molar-refractivity contribution in [3.63, 3.8) is 0 Å². The van der Waals surface area contributed by atoms with Crippen molar-refractivity contribution in [2.45, 2.75) is 131 Å². The molecule has 2 aromatic heterocycles. The van der Waals surface area contributed by atoms with Gasteiger partial charge in [-0.25, -0.2) is 9.97 Å². The lowest BCUT2D eigenvalue weighted by molar-refractivity contribution is 0.00578. The molecule has 0 amide bonds. The van der Waals surface area contributed by atoms with Gasteiger partial charge in [0.15, 0.2) is 0 Å². The lowest BCUT2D eigenvalue weighted by atomic mass is 9.49. The van der Waals surface area contributed by atoms with E-state index in [0.717, 1.165) is 21.3 Å². The first kappa shape index (κ1) is 38.8. The molecular weight excluding hydrogens is 653 g/mol. The quantitative estimate of drug-likeness (QED) is 0.347. The zero-order valence-electron chi connectivity index (χ0n) is 30.6. The van der Waals surface area contributed by atoms with E-state index in [1.165, 1.54) is 0 Å². The molecule has 10 nitrogen and oxygen atoms in total. The van der Waals surface area contributed by atoms with Crippen LogP contribution in [0.25, 0.3) is 0 Å². The average molecular weight is 705 g/mol. The molecule has 0 aromatic carbocycles. The monoisotopic (exact) mass is 704 g/mol. The van der Waals surface area contributed by atoms with Gasteiger partial charge in [0.05, 0.1) is 53.5 Å². The highest BCUT2D eigenvalue weighted by atomic mass is 79.9. The number of ether oxygens (including phenoxy) is 2. The summed E-state index contributed by atoms with van der Waals surface area (Å²) in [5, 5.41) is 0. The molecule has 5 heterocycles. The van der Waals surface area contributed by atoms with Gasteiger partial charge in [0, 0.05) is 21.7 Å². The first-order chi connectivity index (χ1) is 20.9. The van der Waals surface area contributed by atoms with Crippen molar-refractivity contribution in [3.8, 4) is 11.8 Å². The Morgan fingerprint density at radius 3 is 1.17 bits per heavy atom. The number of aryl methyl sites for hydroxylation is 2. The van der Waals surface area contributed by atoms with Crippen molar-refractivity contribution < 1.29 is 37.4 Å². The Balaban J connectivity index is 0.000000196. The fourth-order valence-corrected chi connectivity index (χ4v) is 4.74. The third-order valence-electron chi connectivity index (χ3n) is 9.79. The fraction of sp³-hybridized carbons (Fsp3) is 0.688. The van der Waals surface area contributed by atoms with Crippen LogP contribution in [-0.4, -0.2) is 78.9 Å². The summed E-state index contributed by atoms with van der Waals surface area (Å²) in [6.45, 7) is 28.2. The van der Waals surface area contributed by atoms with Gasteiger partial charge in [-0.1, -0.05) is 6.07 Å². The van der Waals surface area contributed by atoms with Crippen LogP contribution in [0.5, 0.6) is 11.8 Å². The summed E-state index contributed by atoms with van der Waals surface area (Å²) in [4.78, 5) is 8.47. The first-order valence-corrected chi connectivity index (χ1v) is 16.4. The van der Waals surface area contributed by atoms with Crippen LogP contribution in [0.3, 0.4) is 0 Å². The van der Waals surface area contributed by atoms with E-state index >= 15 is 0 Å². The molecule has 2 aromatic rings. The number of halogens is 1. The lowest BCUT2D eigenvalue weighted by Crippen LogP contribution is -2.41. The summed E-state index contributed by atoms with van der Waals surface area (Å²) in [6.07, 6.45) is 0. The predicted molar refractivity (Wildman–Crippen MR) is 187 cm³/mol. The van der Waals surface area contributed by atoms with Gasteiger partial charge in [-0.15, -0.1) is 0 Å². The molecule has 14 heteroatoms. The minimum Gasteiger partial charge on any atom is -0.481 e. The Morgan fingerprint density at radius 2 is 0.848 bits per heavy atom. The predicted octanol–water partition coefficient (Wildman–Crippen LogP) is 6.11. The zero-order valence-corrected chi connectivity index (χ0v) is 32.2. The van der Waals surface area contributed by atoms with Gasteiger partial charge in [0.1, 0.15) is 0 Å². The number of methoxy groups -OCH3 is 2. The Morgan fingerprint density at radius 1 is 0.522 bits per heavy atom. The first-order valence-electron chi connectivity index (χ1n) is 15.6. The van der Waals surface area contributed by atoms with Crippen LogP contribution in [0.1, 0.15) is 94.5 Å². The number of pyridine rings is 2. The molecule has 3 aliphatic heterocycles. The standard InChI is InChI=1S/C13H20BNO3.C12H24B2O4.C7H8BrNO/c1-9-10(7-8-11(15-9)16-6)14-17-12(2,3)13(4,5)18-14;1-9(2)10(3,4)16-13(15-9)14-17-11(5,6)12(7,8)18-14;1-5-6(8)3-4-7(9-5)10-2/h7-8H,1-6H3;1-8H3;3-4H,1-2H3. The molecule has 46 heavy (non-hydrogen) atoms. The molecule has 0 spiro atoms. The van der Waals surface area contributed by atoms with E-state index in [1.807, 2.05) is 121 Å². The summed E-state index contributed by atoms with van der Waals surface area (Å²) in [5.41, 5.74) is 0.667. The van der Waals surface area contributed by atoms with Crippen LogP contribution in [0.2, 0.25) is 0 Å². The minimum absolute atomic E-state index is 0.329. The molecule has 0 N–H and O–H groups in total. The van der Waals surface area contributed by atoms with E-state index < -0.39 is 14.0 Å². The van der Waals surface area contributed by atoms with Gasteiger partial charge in [0.2, 0.25) is 11.8 Å². The highest BCUT2D eigenvalue weighted by Gasteiger charge is 2.63. The van der Waals surface area contributed by atoms with Gasteiger partial charge in [0.25, 0.3) is 0 Å². The van der Waals surface area contributed by atoms with Crippen LogP contribution in [0, 0.1) is 13.8 Å². The van der Waals surface area contributed by atoms with Gasteiger partial charge in [-0.05, 0) is 125 Å². The SMILES string of the molecule is CC1(C)OB(B2OC(C)(C)C(C)(C)O2)OC1(C)C.COc1ccc(B2OC(C)(C)C(C)(C)O2)c(C)n1.COc1ccc(Br)c(C)n1. The highest BCUT2D eigenvalue weighted by Crippen LogP contribution is 2.43. The lowest BCUT2D eigenvalue weighted by Gasteiger charge is -2.32. The molecule has 0 aliphatic carbocycles. The Hall–Kier alpha value is -1.67. The molecule has 0 bridgehead atoms. The molecule has 0 radical (unpaired) electrons. The van der Waals surface area contributed by atoms with Crippen LogP contribution in [-0.2, 0) is 27.9 Å². The van der Waals surface area contributed by atoms with E-state index in [4.69, 9.17) is 37.4 Å². The number of hydrogen-bond acceptors (Lipinski definition) is 10. The molecule has 3 saturated heterocycles. The van der Waals surface area contributed by atoms with Crippen molar-refractivity contribution in [3.05, 3.63) is 40.1 Å². The zero-order chi connectivity index (χ0) is 35.1. The highest BCUT2D eigenvalue weighted by molar-refractivity contribution is 9.10. The van der Waals surface area contributed by atoms with Gasteiger partial charge in [-0.2, -0.15) is 0 Å². The number of hydrogen-bond donors (Lipinski definition) is 0. The number of aromatic nitrogens is 2. The largest absolute Gasteiger partial charge is 0.496 e. The fourth-order valence-electron chi connectivity index (χ4n) is 4.52. The Labute approximate surface area is 285 Å². The van der Waals surface area contributed by atoms with Gasteiger partial charge >= 0.3 is 21.1 Å². The molecule has 5 rings (SSSR count). The van der Waals surface area contributed by atoms with Crippen molar-refractivity contribution in [1.29, 1.82) is 0 Å². The smallest absolute Gasteiger partial charge is 0.481 e. The minimum atomic E-state index is -0.476. The van der Waals surface area contributed by atoms with Gasteiger partial charge < -0.3 is 37.4 Å². The molecule has 254 valence electrons. The summed E-state index contributed by atoms with van der Waals surface area (Å²) in [5.74, 6) is 1.26. The van der Waals surface area contributed by atoms with Crippen molar-refractivity contribution in [2.24, 2.45) is 0 Å². The van der Waals surface area contributed by atoms with Crippen LogP contribution < -0.4 is 14.9 Å². The maximum Gasteiger partial charge on any atom is 0.496 e. The van der Waals surface area contributed by atoms with Crippen molar-refractivity contribution in [1.82, 2.24) is 9.97 Å². The van der Waals surface area contributed by atoms with E-state index in [2.05, 4.69) is 25.9 Å². The second kappa shape index (κ2) is 13.7. The molecule has 0 saturated carbocycles. The van der Waals surface area contributed by atoms with Crippen LogP contribution in [0.15, 0.2) is 28.7 Å². The average Bonchev–Trinajstić information content (AvgIpc) is 3.39. The van der Waals surface area contributed by atoms with Crippen LogP contribution in [0.4, 0.5) is 0 Å². The second-order valence-corrected chi connectivity index (χ2v) is 15.6. The summed E-state index contributed by atoms with van der Waals surface area (Å²) in [6, 6.07) is 7.51. The summed E-state index contributed by atoms with van der Waals surface area (Å²) in [7, 11) is 1.90. The Kier molecular flexibility index (Phi) is 11.5. The maximum absolute atomic E-state index is 6.00.